The zero-order valence-corrected chi connectivity index (χ0v) is 10.5. The molecule has 18 heavy (non-hydrogen) atoms. The van der Waals surface area contributed by atoms with Crippen molar-refractivity contribution in [3.63, 3.8) is 0 Å². The quantitative estimate of drug-likeness (QED) is 0.911. The lowest BCUT2D eigenvalue weighted by atomic mass is 10.3. The third kappa shape index (κ3) is 4.07. The highest BCUT2D eigenvalue weighted by molar-refractivity contribution is 7.10. The molecule has 1 aromatic heterocycles. The van der Waals surface area contributed by atoms with E-state index in [4.69, 9.17) is 4.74 Å². The Morgan fingerprint density at radius 3 is 2.78 bits per heavy atom. The Morgan fingerprint density at radius 2 is 2.06 bits per heavy atom. The maximum Gasteiger partial charge on any atom is 0.412 e. The lowest BCUT2D eigenvalue weighted by molar-refractivity contribution is 0.201. The molecule has 0 fully saturated rings. The fourth-order valence-corrected chi connectivity index (χ4v) is 1.98. The maximum absolute atomic E-state index is 11.4. The molecule has 92 valence electrons. The van der Waals surface area contributed by atoms with Crippen molar-refractivity contribution < 1.29 is 9.53 Å². The van der Waals surface area contributed by atoms with Gasteiger partial charge in [0.2, 0.25) is 0 Å². The smallest absolute Gasteiger partial charge is 0.410 e. The molecule has 1 aromatic carbocycles. The van der Waals surface area contributed by atoms with Crippen LogP contribution in [0.25, 0.3) is 6.08 Å². The molecule has 0 bridgehead atoms. The normalized spacial score (nSPS) is 10.4. The Morgan fingerprint density at radius 1 is 1.22 bits per heavy atom. The molecular weight excluding hydrogens is 246 g/mol. The van der Waals surface area contributed by atoms with Crippen molar-refractivity contribution in [3.05, 3.63) is 58.8 Å². The van der Waals surface area contributed by atoms with Gasteiger partial charge in [-0.05, 0) is 29.7 Å². The van der Waals surface area contributed by atoms with Gasteiger partial charge in [0, 0.05) is 11.4 Å². The minimum absolute atomic E-state index is 0.447. The lowest BCUT2D eigenvalue weighted by Gasteiger charge is -2.03. The van der Waals surface area contributed by atoms with E-state index >= 15 is 0 Å². The second-order valence-corrected chi connectivity index (χ2v) is 4.48. The number of para-hydroxylation sites is 1. The van der Waals surface area contributed by atoms with Crippen LogP contribution in [0.1, 0.15) is 4.88 Å². The van der Waals surface area contributed by atoms with Crippen LogP contribution in [0.2, 0.25) is 0 Å². The minimum Gasteiger partial charge on any atom is -0.410 e. The van der Waals surface area contributed by atoms with Gasteiger partial charge in [-0.3, -0.25) is 0 Å². The molecule has 0 atom stereocenters. The van der Waals surface area contributed by atoms with Crippen LogP contribution >= 0.6 is 11.3 Å². The number of amides is 1. The monoisotopic (exact) mass is 259 g/mol. The fourth-order valence-electron chi connectivity index (χ4n) is 1.34. The molecule has 0 saturated carbocycles. The molecular formula is C14H13NO2S. The third-order valence-corrected chi connectivity index (χ3v) is 2.98. The number of hydrogen-bond acceptors (Lipinski definition) is 3. The fraction of sp³-hybridized carbons (Fsp3) is 0.0714. The lowest BCUT2D eigenvalue weighted by Crippen LogP contribution is -2.26. The summed E-state index contributed by atoms with van der Waals surface area (Å²) in [6, 6.07) is 13.0. The van der Waals surface area contributed by atoms with Crippen molar-refractivity contribution >= 4 is 23.5 Å². The number of rotatable bonds is 4. The first kappa shape index (κ1) is 12.4. The van der Waals surface area contributed by atoms with Crippen molar-refractivity contribution in [1.82, 2.24) is 5.32 Å². The number of ether oxygens (including phenoxy) is 1. The average molecular weight is 259 g/mol. The number of nitrogens with one attached hydrogen (secondary N) is 1. The van der Waals surface area contributed by atoms with Gasteiger partial charge in [0.15, 0.2) is 0 Å². The van der Waals surface area contributed by atoms with Gasteiger partial charge in [-0.1, -0.05) is 30.3 Å². The van der Waals surface area contributed by atoms with E-state index in [1.807, 2.05) is 47.9 Å². The van der Waals surface area contributed by atoms with Crippen molar-refractivity contribution in [2.75, 3.05) is 6.54 Å². The second-order valence-electron chi connectivity index (χ2n) is 3.50. The van der Waals surface area contributed by atoms with Gasteiger partial charge < -0.3 is 10.1 Å². The zero-order valence-electron chi connectivity index (χ0n) is 9.71. The van der Waals surface area contributed by atoms with E-state index < -0.39 is 6.09 Å². The molecule has 0 radical (unpaired) electrons. The molecule has 4 heteroatoms. The molecule has 0 unspecified atom stereocenters. The first-order chi connectivity index (χ1) is 8.84. The van der Waals surface area contributed by atoms with E-state index in [1.54, 1.807) is 23.5 Å². The van der Waals surface area contributed by atoms with Crippen LogP contribution in [0.3, 0.4) is 0 Å². The Kier molecular flexibility index (Phi) is 4.55. The summed E-state index contributed by atoms with van der Waals surface area (Å²) in [5.74, 6) is 0.539. The predicted octanol–water partition coefficient (Wildman–Crippen LogP) is 3.55. The van der Waals surface area contributed by atoms with Crippen LogP contribution in [0, 0.1) is 0 Å². The summed E-state index contributed by atoms with van der Waals surface area (Å²) in [5, 5.41) is 4.66. The van der Waals surface area contributed by atoms with Crippen LogP contribution < -0.4 is 10.1 Å². The molecule has 0 spiro atoms. The summed E-state index contributed by atoms with van der Waals surface area (Å²) in [5.41, 5.74) is 0. The number of hydrogen-bond donors (Lipinski definition) is 1. The van der Waals surface area contributed by atoms with Crippen LogP contribution in [0.4, 0.5) is 4.79 Å². The Labute approximate surface area is 110 Å². The number of benzene rings is 1. The minimum atomic E-state index is -0.447. The highest BCUT2D eigenvalue weighted by Crippen LogP contribution is 2.10. The highest BCUT2D eigenvalue weighted by Gasteiger charge is 2.00. The van der Waals surface area contributed by atoms with E-state index in [1.165, 1.54) is 0 Å². The van der Waals surface area contributed by atoms with Crippen LogP contribution in [-0.4, -0.2) is 12.6 Å². The molecule has 2 rings (SSSR count). The molecule has 3 nitrogen and oxygen atoms in total. The predicted molar refractivity (Wildman–Crippen MR) is 73.8 cm³/mol. The molecule has 0 aliphatic rings. The molecule has 1 amide bonds. The third-order valence-electron chi connectivity index (χ3n) is 2.14. The largest absolute Gasteiger partial charge is 0.412 e. The average Bonchev–Trinajstić information content (AvgIpc) is 2.89. The van der Waals surface area contributed by atoms with E-state index in [-0.39, 0.29) is 0 Å². The first-order valence-corrected chi connectivity index (χ1v) is 6.43. The summed E-state index contributed by atoms with van der Waals surface area (Å²) >= 11 is 1.65. The summed E-state index contributed by atoms with van der Waals surface area (Å²) in [6.07, 6.45) is 3.41. The maximum atomic E-state index is 11.4. The van der Waals surface area contributed by atoms with Crippen LogP contribution in [-0.2, 0) is 0 Å². The van der Waals surface area contributed by atoms with E-state index in [9.17, 15) is 4.79 Å². The van der Waals surface area contributed by atoms with E-state index in [0.29, 0.717) is 12.3 Å². The molecule has 0 aliphatic heterocycles. The van der Waals surface area contributed by atoms with Crippen molar-refractivity contribution in [3.8, 4) is 5.75 Å². The van der Waals surface area contributed by atoms with Crippen LogP contribution in [0.15, 0.2) is 53.9 Å². The second kappa shape index (κ2) is 6.61. The molecule has 2 aromatic rings. The highest BCUT2D eigenvalue weighted by atomic mass is 32.1. The summed E-state index contributed by atoms with van der Waals surface area (Å²) in [6.45, 7) is 0.448. The Balaban J connectivity index is 1.72. The summed E-state index contributed by atoms with van der Waals surface area (Å²) in [4.78, 5) is 12.6. The van der Waals surface area contributed by atoms with E-state index in [0.717, 1.165) is 4.88 Å². The van der Waals surface area contributed by atoms with Gasteiger partial charge in [0.1, 0.15) is 5.75 Å². The topological polar surface area (TPSA) is 38.3 Å². The first-order valence-electron chi connectivity index (χ1n) is 5.55. The molecule has 1 heterocycles. The van der Waals surface area contributed by atoms with Gasteiger partial charge >= 0.3 is 6.09 Å². The van der Waals surface area contributed by atoms with Crippen molar-refractivity contribution in [2.24, 2.45) is 0 Å². The van der Waals surface area contributed by atoms with E-state index in [2.05, 4.69) is 5.32 Å². The van der Waals surface area contributed by atoms with Crippen molar-refractivity contribution in [2.45, 2.75) is 0 Å². The van der Waals surface area contributed by atoms with Crippen LogP contribution in [0.5, 0.6) is 5.75 Å². The van der Waals surface area contributed by atoms with Crippen molar-refractivity contribution in [1.29, 1.82) is 0 Å². The number of carbonyl (C=O) groups excluding carboxylic acids is 1. The SMILES string of the molecule is O=C(NCC=Cc1cccs1)Oc1ccccc1. The van der Waals surface area contributed by atoms with Gasteiger partial charge in [-0.2, -0.15) is 0 Å². The molecule has 1 N–H and O–H groups in total. The van der Waals surface area contributed by atoms with Gasteiger partial charge in [0.25, 0.3) is 0 Å². The van der Waals surface area contributed by atoms with Gasteiger partial charge in [0.05, 0.1) is 0 Å². The number of thiophene rings is 1. The molecule has 0 aliphatic carbocycles. The summed E-state index contributed by atoms with van der Waals surface area (Å²) < 4.78 is 5.07. The number of carbonyl (C=O) groups is 1. The summed E-state index contributed by atoms with van der Waals surface area (Å²) in [7, 11) is 0. The standard InChI is InChI=1S/C14H13NO2S/c16-14(17-12-6-2-1-3-7-12)15-10-4-8-13-9-5-11-18-13/h1-9,11H,10H2,(H,15,16). The van der Waals surface area contributed by atoms with Gasteiger partial charge in [-0.25, -0.2) is 4.79 Å². The van der Waals surface area contributed by atoms with Gasteiger partial charge in [-0.15, -0.1) is 11.3 Å². The molecule has 0 saturated heterocycles. The zero-order chi connectivity index (χ0) is 12.6. The Hall–Kier alpha value is -2.07. The Bertz CT molecular complexity index is 506.